The van der Waals surface area contributed by atoms with Gasteiger partial charge in [0.15, 0.2) is 5.41 Å². The normalized spacial score (nSPS) is 11.0. The highest BCUT2D eigenvalue weighted by Crippen LogP contribution is 2.33. The lowest BCUT2D eigenvalue weighted by Crippen LogP contribution is -2.44. The number of methoxy groups -OCH3 is 1. The number of ether oxygens (including phenoxy) is 3. The molecule has 2 rings (SSSR count). The summed E-state index contributed by atoms with van der Waals surface area (Å²) in [4.78, 5) is 39.0. The first-order chi connectivity index (χ1) is 15.9. The highest BCUT2D eigenvalue weighted by atomic mass is 16.6. The number of esters is 2. The first-order valence-corrected chi connectivity index (χ1v) is 11.5. The zero-order valence-electron chi connectivity index (χ0n) is 19.8. The predicted molar refractivity (Wildman–Crippen MR) is 126 cm³/mol. The van der Waals surface area contributed by atoms with E-state index in [0.29, 0.717) is 19.3 Å². The zero-order chi connectivity index (χ0) is 24.1. The molecule has 2 aromatic carbocycles. The number of ketones is 1. The van der Waals surface area contributed by atoms with E-state index in [1.54, 1.807) is 21.0 Å². The molecule has 0 aliphatic rings. The fourth-order valence-corrected chi connectivity index (χ4v) is 3.77. The molecular weight excluding hydrogens is 420 g/mol. The second kappa shape index (κ2) is 13.4. The van der Waals surface area contributed by atoms with Gasteiger partial charge < -0.3 is 14.2 Å². The van der Waals surface area contributed by atoms with Crippen molar-refractivity contribution in [3.63, 3.8) is 0 Å². The van der Waals surface area contributed by atoms with Crippen molar-refractivity contribution in [3.05, 3.63) is 65.7 Å². The third-order valence-corrected chi connectivity index (χ3v) is 5.59. The second-order valence-electron chi connectivity index (χ2n) is 7.93. The van der Waals surface area contributed by atoms with Gasteiger partial charge in [-0.05, 0) is 62.8 Å². The number of hydrogen-bond acceptors (Lipinski definition) is 6. The molecule has 178 valence electrons. The molecule has 0 radical (unpaired) electrons. The molecule has 0 heterocycles. The molecule has 0 fully saturated rings. The fraction of sp³-hybridized carbons (Fsp3) is 0.444. The van der Waals surface area contributed by atoms with Gasteiger partial charge >= 0.3 is 11.9 Å². The third kappa shape index (κ3) is 7.74. The number of hydrogen-bond donors (Lipinski definition) is 0. The lowest BCUT2D eigenvalue weighted by atomic mass is 9.77. The minimum atomic E-state index is -1.64. The number of rotatable bonds is 14. The van der Waals surface area contributed by atoms with E-state index >= 15 is 0 Å². The Hall–Kier alpha value is -3.15. The molecule has 0 saturated carbocycles. The molecule has 0 saturated heterocycles. The molecule has 0 aliphatic carbocycles. The summed E-state index contributed by atoms with van der Waals surface area (Å²) in [5.74, 6) is -0.759. The van der Waals surface area contributed by atoms with E-state index in [9.17, 15) is 14.4 Å². The molecule has 0 spiro atoms. The van der Waals surface area contributed by atoms with Gasteiger partial charge in [-0.25, -0.2) is 0 Å². The maximum atomic E-state index is 13.0. The minimum absolute atomic E-state index is 0.122. The minimum Gasteiger partial charge on any atom is -0.497 e. The van der Waals surface area contributed by atoms with Gasteiger partial charge in [0.05, 0.1) is 20.3 Å². The standard InChI is InChI=1S/C27H34O6/c1-4-32-25(29)27(26(30)33-5-2,19-18-21-10-7-6-8-11-21)20-23(28)13-9-12-22-14-16-24(31-3)17-15-22/h6-8,10-11,14-17H,4-5,9,12-13,18-20H2,1-3H3. The second-order valence-corrected chi connectivity index (χ2v) is 7.93. The average molecular weight is 455 g/mol. The van der Waals surface area contributed by atoms with Crippen LogP contribution in [0.4, 0.5) is 0 Å². The van der Waals surface area contributed by atoms with Crippen LogP contribution in [-0.2, 0) is 36.7 Å². The van der Waals surface area contributed by atoms with E-state index in [1.807, 2.05) is 54.6 Å². The highest BCUT2D eigenvalue weighted by Gasteiger charge is 2.49. The van der Waals surface area contributed by atoms with Gasteiger partial charge in [-0.1, -0.05) is 42.5 Å². The summed E-state index contributed by atoms with van der Waals surface area (Å²) in [7, 11) is 1.62. The van der Waals surface area contributed by atoms with Crippen molar-refractivity contribution in [2.45, 2.75) is 52.4 Å². The van der Waals surface area contributed by atoms with Gasteiger partial charge in [-0.2, -0.15) is 0 Å². The van der Waals surface area contributed by atoms with Crippen molar-refractivity contribution >= 4 is 17.7 Å². The number of carbonyl (C=O) groups is 3. The molecule has 33 heavy (non-hydrogen) atoms. The molecule has 6 heteroatoms. The van der Waals surface area contributed by atoms with E-state index in [-0.39, 0.29) is 38.3 Å². The van der Waals surface area contributed by atoms with Crippen LogP contribution in [0.1, 0.15) is 50.7 Å². The number of carbonyl (C=O) groups excluding carboxylic acids is 3. The Morgan fingerprint density at radius 1 is 0.788 bits per heavy atom. The van der Waals surface area contributed by atoms with E-state index in [2.05, 4.69) is 0 Å². The molecule has 0 amide bonds. The van der Waals surface area contributed by atoms with Gasteiger partial charge in [0, 0.05) is 12.8 Å². The Morgan fingerprint density at radius 2 is 1.36 bits per heavy atom. The lowest BCUT2D eigenvalue weighted by Gasteiger charge is -2.28. The molecule has 0 unspecified atom stereocenters. The Kier molecular flexibility index (Phi) is 10.6. The van der Waals surface area contributed by atoms with E-state index in [1.165, 1.54) is 0 Å². The Bertz CT molecular complexity index is 871. The molecule has 0 atom stereocenters. The SMILES string of the molecule is CCOC(=O)C(CCc1ccccc1)(CC(=O)CCCc1ccc(OC)cc1)C(=O)OCC. The monoisotopic (exact) mass is 454 g/mol. The Balaban J connectivity index is 2.12. The van der Waals surface area contributed by atoms with Crippen molar-refractivity contribution in [1.29, 1.82) is 0 Å². The Labute approximate surface area is 196 Å². The van der Waals surface area contributed by atoms with Crippen LogP contribution in [0.5, 0.6) is 5.75 Å². The summed E-state index contributed by atoms with van der Waals surface area (Å²) >= 11 is 0. The van der Waals surface area contributed by atoms with Crippen molar-refractivity contribution in [3.8, 4) is 5.75 Å². The Morgan fingerprint density at radius 3 is 1.91 bits per heavy atom. The zero-order valence-corrected chi connectivity index (χ0v) is 19.8. The molecule has 2 aromatic rings. The maximum absolute atomic E-state index is 13.0. The smallest absolute Gasteiger partial charge is 0.323 e. The highest BCUT2D eigenvalue weighted by molar-refractivity contribution is 6.04. The van der Waals surface area contributed by atoms with Gasteiger partial charge in [0.25, 0.3) is 0 Å². The summed E-state index contributed by atoms with van der Waals surface area (Å²) in [6.07, 6.45) is 1.98. The first-order valence-electron chi connectivity index (χ1n) is 11.5. The van der Waals surface area contributed by atoms with Crippen molar-refractivity contribution in [2.24, 2.45) is 5.41 Å². The summed E-state index contributed by atoms with van der Waals surface area (Å²) in [5.41, 5.74) is 0.427. The molecule has 0 aromatic heterocycles. The molecule has 0 N–H and O–H groups in total. The summed E-state index contributed by atoms with van der Waals surface area (Å²) < 4.78 is 15.7. The predicted octanol–water partition coefficient (Wildman–Crippen LogP) is 4.72. The topological polar surface area (TPSA) is 78.9 Å². The molecular formula is C27H34O6. The van der Waals surface area contributed by atoms with Crippen molar-refractivity contribution in [2.75, 3.05) is 20.3 Å². The number of Topliss-reactive ketones (excluding diaryl/α,β-unsaturated/α-hetero) is 1. The maximum Gasteiger partial charge on any atom is 0.323 e. The van der Waals surface area contributed by atoms with E-state index in [4.69, 9.17) is 14.2 Å². The van der Waals surface area contributed by atoms with E-state index in [0.717, 1.165) is 16.9 Å². The van der Waals surface area contributed by atoms with Crippen LogP contribution in [0.2, 0.25) is 0 Å². The lowest BCUT2D eigenvalue weighted by molar-refractivity contribution is -0.174. The third-order valence-electron chi connectivity index (χ3n) is 5.59. The van der Waals surface area contributed by atoms with Crippen LogP contribution < -0.4 is 4.74 Å². The quantitative estimate of drug-likeness (QED) is 0.304. The van der Waals surface area contributed by atoms with Crippen LogP contribution in [0.3, 0.4) is 0 Å². The van der Waals surface area contributed by atoms with Crippen LogP contribution in [0.25, 0.3) is 0 Å². The van der Waals surface area contributed by atoms with Crippen LogP contribution in [0.15, 0.2) is 54.6 Å². The fourth-order valence-electron chi connectivity index (χ4n) is 3.77. The molecule has 0 bridgehead atoms. The van der Waals surface area contributed by atoms with Crippen molar-refractivity contribution < 1.29 is 28.6 Å². The number of benzene rings is 2. The van der Waals surface area contributed by atoms with Gasteiger partial charge in [0.2, 0.25) is 0 Å². The average Bonchev–Trinajstić information content (AvgIpc) is 2.83. The summed E-state index contributed by atoms with van der Waals surface area (Å²) in [6.45, 7) is 3.61. The largest absolute Gasteiger partial charge is 0.497 e. The van der Waals surface area contributed by atoms with Crippen molar-refractivity contribution in [1.82, 2.24) is 0 Å². The van der Waals surface area contributed by atoms with E-state index < -0.39 is 17.4 Å². The number of aryl methyl sites for hydroxylation is 2. The van der Waals surface area contributed by atoms with Gasteiger partial charge in [-0.15, -0.1) is 0 Å². The van der Waals surface area contributed by atoms with Crippen LogP contribution in [-0.4, -0.2) is 38.0 Å². The van der Waals surface area contributed by atoms with Crippen LogP contribution >= 0.6 is 0 Å². The molecule has 6 nitrogen and oxygen atoms in total. The van der Waals surface area contributed by atoms with Gasteiger partial charge in [0.1, 0.15) is 11.5 Å². The first kappa shape index (κ1) is 26.1. The van der Waals surface area contributed by atoms with Crippen LogP contribution in [0, 0.1) is 5.41 Å². The molecule has 0 aliphatic heterocycles. The van der Waals surface area contributed by atoms with Gasteiger partial charge in [-0.3, -0.25) is 14.4 Å². The summed E-state index contributed by atoms with van der Waals surface area (Å²) in [5, 5.41) is 0. The summed E-state index contributed by atoms with van der Waals surface area (Å²) in [6, 6.07) is 17.2.